The third-order valence-electron chi connectivity index (χ3n) is 2.38. The van der Waals surface area contributed by atoms with Gasteiger partial charge in [0.1, 0.15) is 5.75 Å². The van der Waals surface area contributed by atoms with Gasteiger partial charge in [-0.25, -0.2) is 4.79 Å². The zero-order valence-electron chi connectivity index (χ0n) is 9.93. The van der Waals surface area contributed by atoms with Gasteiger partial charge in [0, 0.05) is 6.42 Å². The van der Waals surface area contributed by atoms with Crippen LogP contribution in [0.1, 0.15) is 25.3 Å². The Morgan fingerprint density at radius 3 is 2.59 bits per heavy atom. The fraction of sp³-hybridized carbons (Fsp3) is 0.462. The summed E-state index contributed by atoms with van der Waals surface area (Å²) in [7, 11) is 0. The quantitative estimate of drug-likeness (QED) is 0.584. The number of rotatable bonds is 6. The average Bonchev–Trinajstić information content (AvgIpc) is 2.32. The number of unbranched alkanes of at least 4 members (excludes halogenated alkanes) is 1. The van der Waals surface area contributed by atoms with Gasteiger partial charge >= 0.3 is 5.97 Å². The maximum absolute atomic E-state index is 11.4. The zero-order valence-corrected chi connectivity index (χ0v) is 9.93. The standard InChI is InChI=1S/C13H18O4/c1-2-3-8-17-13(16)12(15)9-10-4-6-11(14)7-5-10/h4-7,12,14-15H,2-3,8-9H2,1H3. The highest BCUT2D eigenvalue weighted by molar-refractivity contribution is 5.74. The summed E-state index contributed by atoms with van der Waals surface area (Å²) < 4.78 is 4.90. The van der Waals surface area contributed by atoms with E-state index in [0.717, 1.165) is 18.4 Å². The van der Waals surface area contributed by atoms with Crippen LogP contribution in [-0.4, -0.2) is 28.9 Å². The van der Waals surface area contributed by atoms with E-state index in [2.05, 4.69) is 0 Å². The number of phenols is 1. The third-order valence-corrected chi connectivity index (χ3v) is 2.38. The van der Waals surface area contributed by atoms with Gasteiger partial charge in [0.05, 0.1) is 6.61 Å². The van der Waals surface area contributed by atoms with Crippen molar-refractivity contribution in [2.45, 2.75) is 32.3 Å². The zero-order chi connectivity index (χ0) is 12.7. The van der Waals surface area contributed by atoms with Gasteiger partial charge < -0.3 is 14.9 Å². The van der Waals surface area contributed by atoms with Crippen LogP contribution in [0.3, 0.4) is 0 Å². The molecule has 0 bridgehead atoms. The van der Waals surface area contributed by atoms with E-state index in [4.69, 9.17) is 9.84 Å². The summed E-state index contributed by atoms with van der Waals surface area (Å²) >= 11 is 0. The van der Waals surface area contributed by atoms with Crippen LogP contribution in [-0.2, 0) is 16.0 Å². The van der Waals surface area contributed by atoms with E-state index in [1.54, 1.807) is 12.1 Å². The van der Waals surface area contributed by atoms with Gasteiger partial charge in [-0.3, -0.25) is 0 Å². The Kier molecular flexibility index (Phi) is 5.49. The third kappa shape index (κ3) is 4.87. The van der Waals surface area contributed by atoms with Gasteiger partial charge in [-0.15, -0.1) is 0 Å². The Balaban J connectivity index is 2.40. The molecule has 94 valence electrons. The maximum Gasteiger partial charge on any atom is 0.335 e. The Hall–Kier alpha value is -1.55. The van der Waals surface area contributed by atoms with Crippen LogP contribution in [0.25, 0.3) is 0 Å². The van der Waals surface area contributed by atoms with Crippen molar-refractivity contribution >= 4 is 5.97 Å². The minimum absolute atomic E-state index is 0.161. The average molecular weight is 238 g/mol. The fourth-order valence-corrected chi connectivity index (χ4v) is 1.35. The number of benzene rings is 1. The van der Waals surface area contributed by atoms with Crippen molar-refractivity contribution in [3.05, 3.63) is 29.8 Å². The van der Waals surface area contributed by atoms with E-state index in [-0.39, 0.29) is 12.2 Å². The van der Waals surface area contributed by atoms with Crippen LogP contribution >= 0.6 is 0 Å². The summed E-state index contributed by atoms with van der Waals surface area (Å²) in [4.78, 5) is 11.4. The number of hydrogen-bond acceptors (Lipinski definition) is 4. The van der Waals surface area contributed by atoms with E-state index in [1.807, 2.05) is 6.92 Å². The first-order valence-corrected chi connectivity index (χ1v) is 5.76. The van der Waals surface area contributed by atoms with Gasteiger partial charge in [0.2, 0.25) is 0 Å². The van der Waals surface area contributed by atoms with Crippen molar-refractivity contribution in [3.8, 4) is 5.75 Å². The number of aromatic hydroxyl groups is 1. The molecule has 0 saturated heterocycles. The molecule has 0 fully saturated rings. The van der Waals surface area contributed by atoms with Crippen LogP contribution < -0.4 is 0 Å². The second-order valence-electron chi connectivity index (χ2n) is 3.91. The summed E-state index contributed by atoms with van der Waals surface area (Å²) in [5, 5.41) is 18.7. The molecular formula is C13H18O4. The fourth-order valence-electron chi connectivity index (χ4n) is 1.35. The summed E-state index contributed by atoms with van der Waals surface area (Å²) in [6.45, 7) is 2.35. The lowest BCUT2D eigenvalue weighted by atomic mass is 10.1. The molecule has 1 atom stereocenters. The van der Waals surface area contributed by atoms with Crippen molar-refractivity contribution in [3.63, 3.8) is 0 Å². The molecule has 0 aliphatic carbocycles. The first kappa shape index (κ1) is 13.5. The predicted octanol–water partition coefficient (Wildman–Crippen LogP) is 1.64. The van der Waals surface area contributed by atoms with Gasteiger partial charge in [-0.2, -0.15) is 0 Å². The summed E-state index contributed by atoms with van der Waals surface area (Å²) in [6.07, 6.45) is 0.806. The van der Waals surface area contributed by atoms with Gasteiger partial charge in [-0.1, -0.05) is 25.5 Å². The number of aliphatic hydroxyl groups excluding tert-OH is 1. The molecule has 17 heavy (non-hydrogen) atoms. The number of esters is 1. The van der Waals surface area contributed by atoms with Crippen LogP contribution in [0.5, 0.6) is 5.75 Å². The molecule has 0 aliphatic heterocycles. The van der Waals surface area contributed by atoms with Crippen LogP contribution in [0.2, 0.25) is 0 Å². The topological polar surface area (TPSA) is 66.8 Å². The molecule has 0 heterocycles. The van der Waals surface area contributed by atoms with Crippen molar-refractivity contribution in [1.29, 1.82) is 0 Å². The van der Waals surface area contributed by atoms with Crippen LogP contribution in [0, 0.1) is 0 Å². The molecule has 0 radical (unpaired) electrons. The molecule has 1 rings (SSSR count). The molecule has 0 spiro atoms. The lowest BCUT2D eigenvalue weighted by Crippen LogP contribution is -2.25. The SMILES string of the molecule is CCCCOC(=O)C(O)Cc1ccc(O)cc1. The second kappa shape index (κ2) is 6.91. The van der Waals surface area contributed by atoms with E-state index >= 15 is 0 Å². The first-order chi connectivity index (χ1) is 8.13. The number of hydrogen-bond donors (Lipinski definition) is 2. The number of carbonyl (C=O) groups excluding carboxylic acids is 1. The molecule has 0 amide bonds. The van der Waals surface area contributed by atoms with Gasteiger partial charge in [-0.05, 0) is 24.1 Å². The Morgan fingerprint density at radius 2 is 2.00 bits per heavy atom. The highest BCUT2D eigenvalue weighted by Gasteiger charge is 2.16. The summed E-state index contributed by atoms with van der Waals surface area (Å²) in [6, 6.07) is 6.37. The summed E-state index contributed by atoms with van der Waals surface area (Å²) in [5.41, 5.74) is 0.780. The van der Waals surface area contributed by atoms with Crippen molar-refractivity contribution < 1.29 is 19.7 Å². The van der Waals surface area contributed by atoms with Crippen LogP contribution in [0.4, 0.5) is 0 Å². The second-order valence-corrected chi connectivity index (χ2v) is 3.91. The largest absolute Gasteiger partial charge is 0.508 e. The Morgan fingerprint density at radius 1 is 1.35 bits per heavy atom. The molecule has 2 N–H and O–H groups in total. The number of phenolic OH excluding ortho intramolecular Hbond substituents is 1. The lowest BCUT2D eigenvalue weighted by molar-refractivity contribution is -0.153. The smallest absolute Gasteiger partial charge is 0.335 e. The van der Waals surface area contributed by atoms with Crippen LogP contribution in [0.15, 0.2) is 24.3 Å². The highest BCUT2D eigenvalue weighted by atomic mass is 16.5. The summed E-state index contributed by atoms with van der Waals surface area (Å²) in [5.74, 6) is -0.430. The first-order valence-electron chi connectivity index (χ1n) is 5.76. The van der Waals surface area contributed by atoms with E-state index in [9.17, 15) is 9.90 Å². The molecule has 0 aromatic heterocycles. The molecule has 0 aliphatic rings. The van der Waals surface area contributed by atoms with Gasteiger partial charge in [0.25, 0.3) is 0 Å². The molecule has 1 aromatic carbocycles. The van der Waals surface area contributed by atoms with E-state index in [1.165, 1.54) is 12.1 Å². The number of carbonyl (C=O) groups is 1. The predicted molar refractivity (Wildman–Crippen MR) is 63.7 cm³/mol. The van der Waals surface area contributed by atoms with Gasteiger partial charge in [0.15, 0.2) is 6.10 Å². The monoisotopic (exact) mass is 238 g/mol. The van der Waals surface area contributed by atoms with E-state index in [0.29, 0.717) is 6.61 Å². The Bertz CT molecular complexity index is 345. The number of ether oxygens (including phenoxy) is 1. The van der Waals surface area contributed by atoms with Crippen molar-refractivity contribution in [1.82, 2.24) is 0 Å². The lowest BCUT2D eigenvalue weighted by Gasteiger charge is -2.10. The maximum atomic E-state index is 11.4. The molecule has 4 heteroatoms. The number of aliphatic hydroxyl groups is 1. The van der Waals surface area contributed by atoms with Crippen molar-refractivity contribution in [2.24, 2.45) is 0 Å². The Labute approximate surface area is 101 Å². The molecule has 1 unspecified atom stereocenters. The molecule has 0 saturated carbocycles. The highest BCUT2D eigenvalue weighted by Crippen LogP contribution is 2.11. The minimum Gasteiger partial charge on any atom is -0.508 e. The molecule has 1 aromatic rings. The molecule has 4 nitrogen and oxygen atoms in total. The van der Waals surface area contributed by atoms with Crippen molar-refractivity contribution in [2.75, 3.05) is 6.61 Å². The van der Waals surface area contributed by atoms with E-state index < -0.39 is 12.1 Å². The normalized spacial score (nSPS) is 12.1. The minimum atomic E-state index is -1.14. The molecular weight excluding hydrogens is 220 g/mol.